The highest BCUT2D eigenvalue weighted by Crippen LogP contribution is 2.28. The molecule has 10 heteroatoms. The van der Waals surface area contributed by atoms with Crippen LogP contribution >= 0.6 is 11.6 Å². The normalized spacial score (nSPS) is 11.9. The number of nitrogens with zero attached hydrogens (tertiary/aromatic N) is 7. The van der Waals surface area contributed by atoms with Gasteiger partial charge in [0.05, 0.1) is 23.3 Å². The molecule has 184 valence electrons. The quantitative estimate of drug-likeness (QED) is 0.336. The Morgan fingerprint density at radius 1 is 1.08 bits per heavy atom. The molecule has 0 saturated carbocycles. The van der Waals surface area contributed by atoms with E-state index in [4.69, 9.17) is 11.6 Å². The Bertz CT molecular complexity index is 1720. The minimum atomic E-state index is -0.258. The van der Waals surface area contributed by atoms with Gasteiger partial charge < -0.3 is 9.88 Å². The highest BCUT2D eigenvalue weighted by Gasteiger charge is 2.15. The Balaban J connectivity index is 1.47. The summed E-state index contributed by atoms with van der Waals surface area (Å²) in [6, 6.07) is 11.1. The second kappa shape index (κ2) is 9.84. The molecule has 1 aromatic carbocycles. The van der Waals surface area contributed by atoms with E-state index >= 15 is 0 Å². The molecule has 0 bridgehead atoms. The lowest BCUT2D eigenvalue weighted by Crippen LogP contribution is -2.19. The average Bonchev–Trinajstić information content (AvgIpc) is 3.33. The van der Waals surface area contributed by atoms with Crippen molar-refractivity contribution in [3.05, 3.63) is 99.3 Å². The van der Waals surface area contributed by atoms with E-state index in [1.54, 1.807) is 53.2 Å². The van der Waals surface area contributed by atoms with Crippen LogP contribution in [0.25, 0.3) is 22.0 Å². The molecule has 0 aliphatic heterocycles. The van der Waals surface area contributed by atoms with Crippen LogP contribution in [0.5, 0.6) is 0 Å². The van der Waals surface area contributed by atoms with Crippen LogP contribution in [0.15, 0.2) is 66.1 Å². The number of halogens is 1. The topological polar surface area (TPSA) is 114 Å². The molecular weight excluding hydrogens is 488 g/mol. The fraction of sp³-hybridized carbons (Fsp3) is 0.185. The van der Waals surface area contributed by atoms with Crippen molar-refractivity contribution in [3.8, 4) is 17.2 Å². The van der Waals surface area contributed by atoms with Crippen molar-refractivity contribution < 1.29 is 0 Å². The number of hydrogen-bond donors (Lipinski definition) is 1. The van der Waals surface area contributed by atoms with Crippen molar-refractivity contribution in [3.63, 3.8) is 0 Å². The first kappa shape index (κ1) is 24.2. The summed E-state index contributed by atoms with van der Waals surface area (Å²) in [6.45, 7) is 1.95. The third kappa shape index (κ3) is 4.79. The lowest BCUT2D eigenvalue weighted by molar-refractivity contribution is 0.768. The van der Waals surface area contributed by atoms with E-state index in [1.807, 2.05) is 38.4 Å². The van der Waals surface area contributed by atoms with Crippen molar-refractivity contribution in [1.29, 1.82) is 5.26 Å². The molecular formula is C27H23ClN8O. The van der Waals surface area contributed by atoms with Gasteiger partial charge in [-0.05, 0) is 42.7 Å². The van der Waals surface area contributed by atoms with Crippen LogP contribution in [0, 0.1) is 11.3 Å². The molecule has 1 atom stereocenters. The number of rotatable bonds is 6. The van der Waals surface area contributed by atoms with Gasteiger partial charge >= 0.3 is 0 Å². The predicted molar refractivity (Wildman–Crippen MR) is 142 cm³/mol. The maximum absolute atomic E-state index is 12.7. The number of hydrogen-bond acceptors (Lipinski definition) is 7. The highest BCUT2D eigenvalue weighted by molar-refractivity contribution is 6.30. The van der Waals surface area contributed by atoms with E-state index in [9.17, 15) is 10.1 Å². The molecule has 4 heterocycles. The van der Waals surface area contributed by atoms with Gasteiger partial charge in [0.2, 0.25) is 0 Å². The molecule has 0 aliphatic rings. The molecule has 5 aromatic rings. The lowest BCUT2D eigenvalue weighted by atomic mass is 10.00. The molecule has 1 N–H and O–H groups in total. The fourth-order valence-corrected chi connectivity index (χ4v) is 4.49. The summed E-state index contributed by atoms with van der Waals surface area (Å²) in [5.74, 6) is 0.600. The van der Waals surface area contributed by atoms with E-state index in [2.05, 4.69) is 31.4 Å². The predicted octanol–water partition coefficient (Wildman–Crippen LogP) is 4.41. The minimum absolute atomic E-state index is 0.129. The second-order valence-electron chi connectivity index (χ2n) is 8.83. The number of benzene rings is 1. The maximum atomic E-state index is 12.7. The van der Waals surface area contributed by atoms with Gasteiger partial charge in [0, 0.05) is 67.1 Å². The van der Waals surface area contributed by atoms with E-state index in [0.29, 0.717) is 23.5 Å². The molecule has 0 aliphatic carbocycles. The third-order valence-corrected chi connectivity index (χ3v) is 6.56. The Morgan fingerprint density at radius 3 is 2.57 bits per heavy atom. The monoisotopic (exact) mass is 510 g/mol. The molecule has 0 spiro atoms. The molecule has 9 nitrogen and oxygen atoms in total. The Kier molecular flexibility index (Phi) is 6.42. The SMILES string of the molecule is CC(Nc1cc(=O)n(C)c2ccc(Cc3ccnc(Cl)c3C#N)cc12)c1ncc(-c2cnn(C)c2)cn1. The molecule has 0 fully saturated rings. The molecule has 0 saturated heterocycles. The standard InChI is InChI=1S/C27H23ClN8O/c1-16(27-31-12-19(13-32-27)20-14-33-35(2)15-20)34-23-10-25(37)36(3)24-5-4-17(9-21(23)24)8-18-6-7-30-26(28)22(18)11-29/h4-7,9-10,12-16,34H,8H2,1-3H3. The fourth-order valence-electron chi connectivity index (χ4n) is 4.27. The van der Waals surface area contributed by atoms with Crippen LogP contribution in [0.1, 0.15) is 35.5 Å². The summed E-state index contributed by atoms with van der Waals surface area (Å²) in [7, 11) is 3.60. The van der Waals surface area contributed by atoms with Gasteiger partial charge in [-0.3, -0.25) is 9.48 Å². The van der Waals surface area contributed by atoms with Crippen molar-refractivity contribution in [2.75, 3.05) is 5.32 Å². The largest absolute Gasteiger partial charge is 0.375 e. The van der Waals surface area contributed by atoms with Crippen molar-refractivity contribution >= 4 is 28.2 Å². The molecule has 37 heavy (non-hydrogen) atoms. The van der Waals surface area contributed by atoms with Crippen molar-refractivity contribution in [2.45, 2.75) is 19.4 Å². The number of nitriles is 1. The summed E-state index contributed by atoms with van der Waals surface area (Å²) < 4.78 is 3.34. The molecule has 0 radical (unpaired) electrons. The zero-order valence-electron chi connectivity index (χ0n) is 20.5. The Morgan fingerprint density at radius 2 is 1.86 bits per heavy atom. The van der Waals surface area contributed by atoms with E-state index in [1.165, 1.54) is 0 Å². The molecule has 1 unspecified atom stereocenters. The highest BCUT2D eigenvalue weighted by atomic mass is 35.5. The summed E-state index contributed by atoms with van der Waals surface area (Å²) in [5, 5.41) is 18.2. The summed E-state index contributed by atoms with van der Waals surface area (Å²) >= 11 is 6.12. The van der Waals surface area contributed by atoms with Gasteiger partial charge in [-0.1, -0.05) is 17.7 Å². The second-order valence-corrected chi connectivity index (χ2v) is 9.19. The lowest BCUT2D eigenvalue weighted by Gasteiger charge is -2.18. The third-order valence-electron chi connectivity index (χ3n) is 6.28. The van der Waals surface area contributed by atoms with Gasteiger partial charge in [0.1, 0.15) is 17.0 Å². The molecule has 0 amide bonds. The summed E-state index contributed by atoms with van der Waals surface area (Å²) in [5.41, 5.74) is 5.27. The Hall–Kier alpha value is -4.55. The van der Waals surface area contributed by atoms with Crippen LogP contribution in [0.3, 0.4) is 0 Å². The minimum Gasteiger partial charge on any atom is -0.375 e. The summed E-state index contributed by atoms with van der Waals surface area (Å²) in [6.07, 6.45) is 9.30. The smallest absolute Gasteiger partial charge is 0.252 e. The Labute approximate surface area is 218 Å². The zero-order chi connectivity index (χ0) is 26.1. The first-order valence-electron chi connectivity index (χ1n) is 11.6. The number of fused-ring (bicyclic) bond motifs is 1. The zero-order valence-corrected chi connectivity index (χ0v) is 21.2. The number of aromatic nitrogens is 6. The first-order chi connectivity index (χ1) is 17.8. The average molecular weight is 511 g/mol. The number of nitrogens with one attached hydrogen (secondary N) is 1. The maximum Gasteiger partial charge on any atom is 0.252 e. The van der Waals surface area contributed by atoms with Gasteiger partial charge in [0.25, 0.3) is 5.56 Å². The van der Waals surface area contributed by atoms with Crippen LogP contribution in [0.2, 0.25) is 5.15 Å². The number of pyridine rings is 2. The van der Waals surface area contributed by atoms with Gasteiger partial charge in [-0.2, -0.15) is 10.4 Å². The van der Waals surface area contributed by atoms with Gasteiger partial charge in [0.15, 0.2) is 0 Å². The van der Waals surface area contributed by atoms with Crippen molar-refractivity contribution in [1.82, 2.24) is 29.3 Å². The first-order valence-corrected chi connectivity index (χ1v) is 12.0. The summed E-state index contributed by atoms with van der Waals surface area (Å²) in [4.78, 5) is 25.8. The molecule has 5 rings (SSSR count). The number of anilines is 1. The van der Waals surface area contributed by atoms with Crippen LogP contribution in [-0.2, 0) is 20.5 Å². The van der Waals surface area contributed by atoms with Crippen LogP contribution in [-0.4, -0.2) is 29.3 Å². The van der Waals surface area contributed by atoms with Gasteiger partial charge in [-0.25, -0.2) is 15.0 Å². The van der Waals surface area contributed by atoms with E-state index in [-0.39, 0.29) is 16.8 Å². The number of aryl methyl sites for hydroxylation is 2. The van der Waals surface area contributed by atoms with Crippen molar-refractivity contribution in [2.24, 2.45) is 14.1 Å². The van der Waals surface area contributed by atoms with E-state index in [0.717, 1.165) is 33.2 Å². The van der Waals surface area contributed by atoms with E-state index < -0.39 is 0 Å². The molecule has 4 aromatic heterocycles. The van der Waals surface area contributed by atoms with Crippen LogP contribution in [0.4, 0.5) is 5.69 Å². The van der Waals surface area contributed by atoms with Crippen LogP contribution < -0.4 is 10.9 Å². The van der Waals surface area contributed by atoms with Gasteiger partial charge in [-0.15, -0.1) is 0 Å².